The molecular weight excluding hydrogens is 328 g/mol. The number of likely N-dealkylation sites (N-methyl/N-ethyl adjacent to an activating group) is 1. The molecule has 2 atom stereocenters. The molecule has 7 heteroatoms. The Labute approximate surface area is 154 Å². The monoisotopic (exact) mass is 356 g/mol. The maximum atomic E-state index is 12.9. The van der Waals surface area contributed by atoms with Crippen LogP contribution in [0.2, 0.25) is 0 Å². The standard InChI is InChI=1S/C19H28N6O/c1-14-7-11-25(19(26)24-9-4-3-5-10-24)12-16(14)23(2)18-15-6-8-20-17(15)21-13-22-18/h6,8,13-14,16H,3-5,7,9-12H2,1-2H3,(H,20,21,22)/t14-,16+/m1/s1. The number of aromatic amines is 1. The summed E-state index contributed by atoms with van der Waals surface area (Å²) in [5.41, 5.74) is 0.853. The molecule has 2 aromatic heterocycles. The summed E-state index contributed by atoms with van der Waals surface area (Å²) in [7, 11) is 2.09. The van der Waals surface area contributed by atoms with E-state index < -0.39 is 0 Å². The molecule has 4 heterocycles. The molecule has 7 nitrogen and oxygen atoms in total. The van der Waals surface area contributed by atoms with E-state index in [0.29, 0.717) is 5.92 Å². The van der Waals surface area contributed by atoms with Crippen LogP contribution in [-0.4, -0.2) is 70.1 Å². The molecule has 0 saturated carbocycles. The third kappa shape index (κ3) is 3.10. The van der Waals surface area contributed by atoms with Gasteiger partial charge < -0.3 is 19.7 Å². The molecule has 2 aromatic rings. The van der Waals surface area contributed by atoms with Crippen LogP contribution in [0.1, 0.15) is 32.6 Å². The second-order valence-electron chi connectivity index (χ2n) is 7.66. The van der Waals surface area contributed by atoms with E-state index in [9.17, 15) is 4.79 Å². The zero-order chi connectivity index (χ0) is 18.1. The first kappa shape index (κ1) is 17.1. The van der Waals surface area contributed by atoms with E-state index in [1.54, 1.807) is 6.33 Å². The zero-order valence-electron chi connectivity index (χ0n) is 15.7. The van der Waals surface area contributed by atoms with Gasteiger partial charge in [-0.15, -0.1) is 0 Å². The number of rotatable bonds is 2. The van der Waals surface area contributed by atoms with Gasteiger partial charge in [-0.1, -0.05) is 6.92 Å². The van der Waals surface area contributed by atoms with E-state index in [0.717, 1.165) is 62.3 Å². The molecule has 0 aromatic carbocycles. The normalized spacial score (nSPS) is 24.1. The minimum atomic E-state index is 0.212. The Morgan fingerprint density at radius 2 is 2.00 bits per heavy atom. The maximum absolute atomic E-state index is 12.9. The summed E-state index contributed by atoms with van der Waals surface area (Å²) in [5, 5.41) is 1.03. The number of hydrogen-bond acceptors (Lipinski definition) is 4. The van der Waals surface area contributed by atoms with Crippen molar-refractivity contribution >= 4 is 22.9 Å². The average molecular weight is 356 g/mol. The highest BCUT2D eigenvalue weighted by Gasteiger charge is 2.34. The van der Waals surface area contributed by atoms with Gasteiger partial charge in [-0.2, -0.15) is 0 Å². The lowest BCUT2D eigenvalue weighted by Crippen LogP contribution is -2.56. The molecule has 2 amide bonds. The first-order chi connectivity index (χ1) is 12.6. The Hall–Kier alpha value is -2.31. The van der Waals surface area contributed by atoms with Crippen molar-refractivity contribution in [3.05, 3.63) is 18.6 Å². The minimum absolute atomic E-state index is 0.212. The smallest absolute Gasteiger partial charge is 0.320 e. The highest BCUT2D eigenvalue weighted by atomic mass is 16.2. The summed E-state index contributed by atoms with van der Waals surface area (Å²) in [4.78, 5) is 31.2. The summed E-state index contributed by atoms with van der Waals surface area (Å²) in [6.45, 7) is 5.69. The van der Waals surface area contributed by atoms with E-state index in [1.165, 1.54) is 6.42 Å². The summed E-state index contributed by atoms with van der Waals surface area (Å²) in [6, 6.07) is 2.49. The summed E-state index contributed by atoms with van der Waals surface area (Å²) >= 11 is 0. The highest BCUT2D eigenvalue weighted by molar-refractivity contribution is 5.87. The van der Waals surface area contributed by atoms with E-state index in [-0.39, 0.29) is 12.1 Å². The van der Waals surface area contributed by atoms with Crippen LogP contribution in [-0.2, 0) is 0 Å². The number of nitrogens with zero attached hydrogens (tertiary/aromatic N) is 5. The van der Waals surface area contributed by atoms with Crippen LogP contribution < -0.4 is 4.90 Å². The number of nitrogens with one attached hydrogen (secondary N) is 1. The molecule has 1 N–H and O–H groups in total. The fourth-order valence-electron chi connectivity index (χ4n) is 4.31. The van der Waals surface area contributed by atoms with Crippen molar-refractivity contribution in [3.63, 3.8) is 0 Å². The van der Waals surface area contributed by atoms with Crippen LogP contribution in [0.15, 0.2) is 18.6 Å². The molecule has 2 fully saturated rings. The Kier molecular flexibility index (Phi) is 4.70. The fourth-order valence-corrected chi connectivity index (χ4v) is 4.31. The Bertz CT molecular complexity index is 768. The molecule has 2 aliphatic heterocycles. The van der Waals surface area contributed by atoms with Crippen molar-refractivity contribution in [2.75, 3.05) is 38.1 Å². The Morgan fingerprint density at radius 3 is 2.81 bits per heavy atom. The third-order valence-corrected chi connectivity index (χ3v) is 5.98. The molecular formula is C19H28N6O. The summed E-state index contributed by atoms with van der Waals surface area (Å²) < 4.78 is 0. The van der Waals surface area contributed by atoms with Crippen molar-refractivity contribution < 1.29 is 4.79 Å². The first-order valence-corrected chi connectivity index (χ1v) is 9.70. The van der Waals surface area contributed by atoms with Crippen LogP contribution in [0.4, 0.5) is 10.6 Å². The second kappa shape index (κ2) is 7.13. The SMILES string of the molecule is C[C@@H]1CCN(C(=O)N2CCCCC2)C[C@@H]1N(C)c1ncnc2[nH]ccc12. The third-order valence-electron chi connectivity index (χ3n) is 5.98. The van der Waals surface area contributed by atoms with Crippen LogP contribution in [0, 0.1) is 5.92 Å². The number of piperidine rings is 2. The van der Waals surface area contributed by atoms with Gasteiger partial charge in [0, 0.05) is 39.4 Å². The lowest BCUT2D eigenvalue weighted by Gasteiger charge is -2.44. The highest BCUT2D eigenvalue weighted by Crippen LogP contribution is 2.29. The number of carbonyl (C=O) groups excluding carboxylic acids is 1. The van der Waals surface area contributed by atoms with Crippen molar-refractivity contribution in [1.29, 1.82) is 0 Å². The molecule has 0 unspecified atom stereocenters. The Balaban J connectivity index is 1.53. The largest absolute Gasteiger partial charge is 0.354 e. The number of urea groups is 1. The lowest BCUT2D eigenvalue weighted by atomic mass is 9.92. The molecule has 0 radical (unpaired) electrons. The van der Waals surface area contributed by atoms with Gasteiger partial charge in [-0.3, -0.25) is 0 Å². The molecule has 0 bridgehead atoms. The molecule has 0 spiro atoms. The first-order valence-electron chi connectivity index (χ1n) is 9.70. The number of carbonyl (C=O) groups is 1. The fraction of sp³-hybridized carbons (Fsp3) is 0.632. The number of anilines is 1. The number of H-pyrrole nitrogens is 1. The van der Waals surface area contributed by atoms with Gasteiger partial charge >= 0.3 is 6.03 Å². The predicted octanol–water partition coefficient (Wildman–Crippen LogP) is 2.71. The van der Waals surface area contributed by atoms with Gasteiger partial charge in [0.15, 0.2) is 0 Å². The van der Waals surface area contributed by atoms with Gasteiger partial charge in [0.2, 0.25) is 0 Å². The molecule has 26 heavy (non-hydrogen) atoms. The second-order valence-corrected chi connectivity index (χ2v) is 7.66. The minimum Gasteiger partial charge on any atom is -0.354 e. The predicted molar refractivity (Wildman–Crippen MR) is 102 cm³/mol. The van der Waals surface area contributed by atoms with E-state index in [1.807, 2.05) is 22.1 Å². The number of likely N-dealkylation sites (tertiary alicyclic amines) is 2. The van der Waals surface area contributed by atoms with Crippen molar-refractivity contribution in [2.45, 2.75) is 38.6 Å². The maximum Gasteiger partial charge on any atom is 0.320 e. The lowest BCUT2D eigenvalue weighted by molar-refractivity contribution is 0.119. The zero-order valence-corrected chi connectivity index (χ0v) is 15.7. The van der Waals surface area contributed by atoms with Crippen molar-refractivity contribution in [1.82, 2.24) is 24.8 Å². The number of hydrogen-bond donors (Lipinski definition) is 1. The van der Waals surface area contributed by atoms with Crippen LogP contribution >= 0.6 is 0 Å². The molecule has 140 valence electrons. The molecule has 0 aliphatic carbocycles. The van der Waals surface area contributed by atoms with Gasteiger partial charge in [0.25, 0.3) is 0 Å². The van der Waals surface area contributed by atoms with E-state index in [4.69, 9.17) is 0 Å². The van der Waals surface area contributed by atoms with E-state index >= 15 is 0 Å². The quantitative estimate of drug-likeness (QED) is 0.898. The van der Waals surface area contributed by atoms with E-state index in [2.05, 4.69) is 33.8 Å². The van der Waals surface area contributed by atoms with Crippen molar-refractivity contribution in [2.24, 2.45) is 5.92 Å². The van der Waals surface area contributed by atoms with Crippen molar-refractivity contribution in [3.8, 4) is 0 Å². The number of amides is 2. The topological polar surface area (TPSA) is 68.4 Å². The van der Waals surface area contributed by atoms with Crippen LogP contribution in [0.3, 0.4) is 0 Å². The molecule has 4 rings (SSSR count). The summed E-state index contributed by atoms with van der Waals surface area (Å²) in [5.74, 6) is 1.44. The van der Waals surface area contributed by atoms with Crippen LogP contribution in [0.5, 0.6) is 0 Å². The number of aromatic nitrogens is 3. The summed E-state index contributed by atoms with van der Waals surface area (Å²) in [6.07, 6.45) is 8.03. The Morgan fingerprint density at radius 1 is 1.19 bits per heavy atom. The average Bonchev–Trinajstić information content (AvgIpc) is 3.17. The van der Waals surface area contributed by atoms with Gasteiger partial charge in [0.1, 0.15) is 17.8 Å². The van der Waals surface area contributed by atoms with Crippen LogP contribution in [0.25, 0.3) is 11.0 Å². The molecule has 2 aliphatic rings. The molecule has 2 saturated heterocycles. The van der Waals surface area contributed by atoms with Gasteiger partial charge in [-0.05, 0) is 37.7 Å². The van der Waals surface area contributed by atoms with Gasteiger partial charge in [0.05, 0.1) is 11.4 Å². The van der Waals surface area contributed by atoms with Gasteiger partial charge in [-0.25, -0.2) is 14.8 Å². The number of fused-ring (bicyclic) bond motifs is 1.